The van der Waals surface area contributed by atoms with Gasteiger partial charge in [0.15, 0.2) is 0 Å². The maximum Gasteiger partial charge on any atom is 0.406 e. The molecular formula is C11H12BrF3N2O2. The number of nitrogens with two attached hydrogens (primary N) is 1. The van der Waals surface area contributed by atoms with Crippen LogP contribution in [0.15, 0.2) is 22.7 Å². The van der Waals surface area contributed by atoms with E-state index in [1.54, 1.807) is 0 Å². The van der Waals surface area contributed by atoms with Crippen molar-refractivity contribution in [3.63, 3.8) is 0 Å². The Balaban J connectivity index is 2.98. The third-order valence-corrected chi connectivity index (χ3v) is 2.65. The van der Waals surface area contributed by atoms with Crippen LogP contribution in [0.4, 0.5) is 18.9 Å². The van der Waals surface area contributed by atoms with Crippen molar-refractivity contribution in [2.45, 2.75) is 6.18 Å². The van der Waals surface area contributed by atoms with Gasteiger partial charge in [-0.25, -0.2) is 0 Å². The number of benzene rings is 1. The highest BCUT2D eigenvalue weighted by Crippen LogP contribution is 2.21. The van der Waals surface area contributed by atoms with Gasteiger partial charge in [0.1, 0.15) is 6.54 Å². The van der Waals surface area contributed by atoms with Gasteiger partial charge in [-0.05, 0) is 18.2 Å². The number of aliphatic hydroxyl groups excluding tert-OH is 1. The lowest BCUT2D eigenvalue weighted by molar-refractivity contribution is -0.141. The van der Waals surface area contributed by atoms with Crippen LogP contribution >= 0.6 is 15.9 Å². The number of alkyl halides is 3. The molecule has 0 saturated heterocycles. The van der Waals surface area contributed by atoms with Crippen molar-refractivity contribution in [2.24, 2.45) is 0 Å². The first-order valence-electron chi connectivity index (χ1n) is 5.26. The van der Waals surface area contributed by atoms with Crippen LogP contribution in [0.2, 0.25) is 0 Å². The SMILES string of the molecule is Nc1cc(Br)cc(C(=O)N(CCO)CC(F)(F)F)c1. The molecule has 1 aromatic carbocycles. The van der Waals surface area contributed by atoms with Crippen LogP contribution in [0.25, 0.3) is 0 Å². The summed E-state index contributed by atoms with van der Waals surface area (Å²) in [6.07, 6.45) is -4.53. The van der Waals surface area contributed by atoms with Gasteiger partial charge >= 0.3 is 6.18 Å². The van der Waals surface area contributed by atoms with Crippen LogP contribution in [-0.4, -0.2) is 41.8 Å². The lowest BCUT2D eigenvalue weighted by Crippen LogP contribution is -2.40. The Morgan fingerprint density at radius 2 is 2.00 bits per heavy atom. The number of rotatable bonds is 4. The van der Waals surface area contributed by atoms with Crippen LogP contribution in [0.5, 0.6) is 0 Å². The van der Waals surface area contributed by atoms with Crippen molar-refractivity contribution in [1.82, 2.24) is 4.90 Å². The van der Waals surface area contributed by atoms with Crippen molar-refractivity contribution >= 4 is 27.5 Å². The summed E-state index contributed by atoms with van der Waals surface area (Å²) < 4.78 is 37.6. The Labute approximate surface area is 116 Å². The highest BCUT2D eigenvalue weighted by Gasteiger charge is 2.33. The Morgan fingerprint density at radius 3 is 2.47 bits per heavy atom. The number of hydrogen-bond acceptors (Lipinski definition) is 3. The zero-order valence-corrected chi connectivity index (χ0v) is 11.3. The molecule has 1 aromatic rings. The third-order valence-electron chi connectivity index (χ3n) is 2.19. The first-order valence-corrected chi connectivity index (χ1v) is 6.05. The topological polar surface area (TPSA) is 66.6 Å². The summed E-state index contributed by atoms with van der Waals surface area (Å²) >= 11 is 3.11. The first kappa shape index (κ1) is 15.8. The fourth-order valence-electron chi connectivity index (χ4n) is 1.51. The van der Waals surface area contributed by atoms with E-state index in [2.05, 4.69) is 15.9 Å². The predicted octanol–water partition coefficient (Wildman–Crippen LogP) is 2.03. The lowest BCUT2D eigenvalue weighted by Gasteiger charge is -2.23. The number of carbonyl (C=O) groups excluding carboxylic acids is 1. The molecular weight excluding hydrogens is 329 g/mol. The van der Waals surface area contributed by atoms with Gasteiger partial charge in [0.2, 0.25) is 0 Å². The zero-order valence-electron chi connectivity index (χ0n) is 9.75. The average molecular weight is 341 g/mol. The fraction of sp³-hybridized carbons (Fsp3) is 0.364. The number of halogens is 4. The molecule has 0 unspecified atom stereocenters. The van der Waals surface area contributed by atoms with Gasteiger partial charge in [-0.3, -0.25) is 4.79 Å². The first-order chi connectivity index (χ1) is 8.73. The van der Waals surface area contributed by atoms with E-state index in [0.29, 0.717) is 9.37 Å². The molecule has 0 aliphatic heterocycles. The van der Waals surface area contributed by atoms with Crippen LogP contribution in [-0.2, 0) is 0 Å². The molecule has 0 atom stereocenters. The molecule has 0 aliphatic rings. The van der Waals surface area contributed by atoms with Crippen molar-refractivity contribution in [3.8, 4) is 0 Å². The normalized spacial score (nSPS) is 11.4. The van der Waals surface area contributed by atoms with E-state index in [1.165, 1.54) is 18.2 Å². The molecule has 106 valence electrons. The number of hydrogen-bond donors (Lipinski definition) is 2. The molecule has 1 amide bonds. The van der Waals surface area contributed by atoms with E-state index in [0.717, 1.165) is 0 Å². The summed E-state index contributed by atoms with van der Waals surface area (Å²) in [6, 6.07) is 4.18. The van der Waals surface area contributed by atoms with E-state index in [9.17, 15) is 18.0 Å². The molecule has 3 N–H and O–H groups in total. The van der Waals surface area contributed by atoms with Crippen molar-refractivity contribution in [1.29, 1.82) is 0 Å². The quantitative estimate of drug-likeness (QED) is 0.824. The van der Waals surface area contributed by atoms with E-state index in [-0.39, 0.29) is 11.3 Å². The number of carbonyl (C=O) groups is 1. The molecule has 0 fully saturated rings. The number of amides is 1. The Kier molecular flexibility index (Phi) is 5.19. The molecule has 0 radical (unpaired) electrons. The second-order valence-corrected chi connectivity index (χ2v) is 4.75. The van der Waals surface area contributed by atoms with Gasteiger partial charge in [0.25, 0.3) is 5.91 Å². The minimum atomic E-state index is -4.53. The van der Waals surface area contributed by atoms with Crippen LogP contribution in [0, 0.1) is 0 Å². The average Bonchev–Trinajstić information content (AvgIpc) is 2.24. The smallest absolute Gasteiger partial charge is 0.399 e. The highest BCUT2D eigenvalue weighted by atomic mass is 79.9. The summed E-state index contributed by atoms with van der Waals surface area (Å²) in [6.45, 7) is -2.37. The van der Waals surface area contributed by atoms with Crippen LogP contribution in [0.3, 0.4) is 0 Å². The maximum atomic E-state index is 12.4. The lowest BCUT2D eigenvalue weighted by atomic mass is 10.1. The minimum absolute atomic E-state index is 0.0320. The van der Waals surface area contributed by atoms with E-state index < -0.39 is 31.8 Å². The standard InChI is InChI=1S/C11H12BrF3N2O2/c12-8-3-7(4-9(16)5-8)10(19)17(1-2-18)6-11(13,14)15/h3-5,18H,1-2,6,16H2. The summed E-state index contributed by atoms with van der Waals surface area (Å²) in [5, 5.41) is 8.74. The van der Waals surface area contributed by atoms with Gasteiger partial charge in [0.05, 0.1) is 6.61 Å². The summed E-state index contributed by atoms with van der Waals surface area (Å²) in [7, 11) is 0. The third kappa shape index (κ3) is 5.07. The summed E-state index contributed by atoms with van der Waals surface area (Å²) in [4.78, 5) is 12.5. The molecule has 4 nitrogen and oxygen atoms in total. The van der Waals surface area contributed by atoms with Gasteiger partial charge in [-0.1, -0.05) is 15.9 Å². The number of anilines is 1. The van der Waals surface area contributed by atoms with Crippen molar-refractivity contribution in [3.05, 3.63) is 28.2 Å². The molecule has 8 heteroatoms. The van der Waals surface area contributed by atoms with Crippen LogP contribution in [0.1, 0.15) is 10.4 Å². The molecule has 19 heavy (non-hydrogen) atoms. The molecule has 0 bridgehead atoms. The summed E-state index contributed by atoms with van der Waals surface area (Å²) in [5.74, 6) is -0.834. The van der Waals surface area contributed by atoms with Gasteiger partial charge in [-0.2, -0.15) is 13.2 Å². The molecule has 0 aliphatic carbocycles. The summed E-state index contributed by atoms with van der Waals surface area (Å²) in [5.41, 5.74) is 5.82. The predicted molar refractivity (Wildman–Crippen MR) is 67.6 cm³/mol. The second-order valence-electron chi connectivity index (χ2n) is 3.84. The Hall–Kier alpha value is -1.28. The monoisotopic (exact) mass is 340 g/mol. The molecule has 0 heterocycles. The molecule has 0 saturated carbocycles. The highest BCUT2D eigenvalue weighted by molar-refractivity contribution is 9.10. The number of aliphatic hydroxyl groups is 1. The number of nitrogen functional groups attached to an aromatic ring is 1. The minimum Gasteiger partial charge on any atom is -0.399 e. The molecule has 1 rings (SSSR count). The van der Waals surface area contributed by atoms with Crippen molar-refractivity contribution in [2.75, 3.05) is 25.4 Å². The maximum absolute atomic E-state index is 12.4. The second kappa shape index (κ2) is 6.25. The fourth-order valence-corrected chi connectivity index (χ4v) is 2.02. The van der Waals surface area contributed by atoms with E-state index >= 15 is 0 Å². The Morgan fingerprint density at radius 1 is 1.37 bits per heavy atom. The van der Waals surface area contributed by atoms with Crippen LogP contribution < -0.4 is 5.73 Å². The van der Waals surface area contributed by atoms with Gasteiger partial charge in [0, 0.05) is 22.3 Å². The van der Waals surface area contributed by atoms with Gasteiger partial charge in [-0.15, -0.1) is 0 Å². The largest absolute Gasteiger partial charge is 0.406 e. The van der Waals surface area contributed by atoms with Gasteiger partial charge < -0.3 is 15.7 Å². The van der Waals surface area contributed by atoms with E-state index in [4.69, 9.17) is 10.8 Å². The number of nitrogens with zero attached hydrogens (tertiary/aromatic N) is 1. The van der Waals surface area contributed by atoms with Crippen molar-refractivity contribution < 1.29 is 23.1 Å². The molecule has 0 spiro atoms. The molecule has 0 aromatic heterocycles. The Bertz CT molecular complexity index is 445. The van der Waals surface area contributed by atoms with E-state index in [1.807, 2.05) is 0 Å². The zero-order chi connectivity index (χ0) is 14.6.